The molecule has 0 atom stereocenters. The van der Waals surface area contributed by atoms with Gasteiger partial charge < -0.3 is 15.8 Å². The van der Waals surface area contributed by atoms with Gasteiger partial charge in [0.25, 0.3) is 0 Å². The highest BCUT2D eigenvalue weighted by Crippen LogP contribution is 2.25. The summed E-state index contributed by atoms with van der Waals surface area (Å²) in [5, 5.41) is 2.76. The van der Waals surface area contributed by atoms with Crippen LogP contribution in [-0.2, 0) is 14.6 Å². The van der Waals surface area contributed by atoms with Gasteiger partial charge in [0, 0.05) is 12.1 Å². The molecule has 0 aliphatic heterocycles. The van der Waals surface area contributed by atoms with E-state index in [-0.39, 0.29) is 16.6 Å². The monoisotopic (exact) mass is 312 g/mol. The molecule has 0 aromatic heterocycles. The number of hydrogen-bond donors (Lipinski definition) is 2. The lowest BCUT2D eigenvalue weighted by Crippen LogP contribution is -2.37. The number of sulfone groups is 1. The predicted molar refractivity (Wildman–Crippen MR) is 79.9 cm³/mol. The average molecular weight is 312 g/mol. The topological polar surface area (TPSA) is 98.5 Å². The van der Waals surface area contributed by atoms with Crippen molar-refractivity contribution in [2.45, 2.75) is 36.6 Å². The molecule has 21 heavy (non-hydrogen) atoms. The van der Waals surface area contributed by atoms with Gasteiger partial charge in [-0.3, -0.25) is 4.79 Å². The largest absolute Gasteiger partial charge is 0.497 e. The van der Waals surface area contributed by atoms with Gasteiger partial charge in [-0.25, -0.2) is 8.42 Å². The number of benzene rings is 1. The average Bonchev–Trinajstić information content (AvgIpc) is 2.91. The fraction of sp³-hybridized carbons (Fsp3) is 0.500. The van der Waals surface area contributed by atoms with Crippen molar-refractivity contribution in [3.63, 3.8) is 0 Å². The first-order valence-corrected chi connectivity index (χ1v) is 8.53. The molecule has 3 N–H and O–H groups in total. The molecule has 1 fully saturated rings. The molecule has 1 aromatic rings. The Morgan fingerprint density at radius 1 is 1.38 bits per heavy atom. The second-order valence-corrected chi connectivity index (χ2v) is 7.17. The fourth-order valence-electron chi connectivity index (χ4n) is 2.50. The van der Waals surface area contributed by atoms with Crippen molar-refractivity contribution < 1.29 is 17.9 Å². The fourth-order valence-corrected chi connectivity index (χ4v) is 3.81. The van der Waals surface area contributed by atoms with Gasteiger partial charge in [0.05, 0.1) is 17.7 Å². The minimum atomic E-state index is -3.78. The molecular formula is C14H20N2O4S. The maximum atomic E-state index is 12.3. The van der Waals surface area contributed by atoms with E-state index in [9.17, 15) is 13.2 Å². The number of nitrogens with one attached hydrogen (secondary N) is 1. The molecule has 0 saturated heterocycles. The third-order valence-corrected chi connectivity index (χ3v) is 5.26. The van der Waals surface area contributed by atoms with Crippen molar-refractivity contribution in [1.82, 2.24) is 5.32 Å². The number of amides is 1. The lowest BCUT2D eigenvalue weighted by atomic mass is 10.2. The molecule has 2 rings (SSSR count). The van der Waals surface area contributed by atoms with Gasteiger partial charge >= 0.3 is 0 Å². The highest BCUT2D eigenvalue weighted by atomic mass is 32.2. The molecule has 6 nitrogen and oxygen atoms in total. The number of anilines is 1. The minimum Gasteiger partial charge on any atom is -0.497 e. The van der Waals surface area contributed by atoms with Crippen molar-refractivity contribution in [3.05, 3.63) is 18.2 Å². The molecule has 0 spiro atoms. The van der Waals surface area contributed by atoms with Crippen molar-refractivity contribution in [3.8, 4) is 5.75 Å². The zero-order valence-electron chi connectivity index (χ0n) is 12.0. The lowest BCUT2D eigenvalue weighted by Gasteiger charge is -2.13. The normalized spacial score (nSPS) is 15.9. The molecule has 0 heterocycles. The Kier molecular flexibility index (Phi) is 4.72. The molecule has 1 aliphatic rings. The second kappa shape index (κ2) is 6.34. The maximum absolute atomic E-state index is 12.3. The van der Waals surface area contributed by atoms with Crippen LogP contribution in [0.1, 0.15) is 25.7 Å². The van der Waals surface area contributed by atoms with Gasteiger partial charge in [0.1, 0.15) is 11.5 Å². The van der Waals surface area contributed by atoms with Crippen LogP contribution in [0, 0.1) is 0 Å². The van der Waals surface area contributed by atoms with Crippen LogP contribution in [0.5, 0.6) is 5.75 Å². The van der Waals surface area contributed by atoms with E-state index in [1.54, 1.807) is 6.07 Å². The summed E-state index contributed by atoms with van der Waals surface area (Å²) in [5.41, 5.74) is 5.82. The first kappa shape index (κ1) is 15.6. The Bertz CT molecular complexity index is 622. The number of carbonyl (C=O) groups is 1. The van der Waals surface area contributed by atoms with E-state index in [2.05, 4.69) is 5.32 Å². The van der Waals surface area contributed by atoms with E-state index < -0.39 is 21.5 Å². The summed E-state index contributed by atoms with van der Waals surface area (Å²) >= 11 is 0. The molecule has 0 radical (unpaired) electrons. The highest BCUT2D eigenvalue weighted by molar-refractivity contribution is 7.92. The van der Waals surface area contributed by atoms with Crippen molar-refractivity contribution in [1.29, 1.82) is 0 Å². The van der Waals surface area contributed by atoms with Crippen LogP contribution in [0.2, 0.25) is 0 Å². The summed E-state index contributed by atoms with van der Waals surface area (Å²) in [6, 6.07) is 4.47. The number of hydrogen-bond acceptors (Lipinski definition) is 5. The molecule has 116 valence electrons. The van der Waals surface area contributed by atoms with E-state index in [0.717, 1.165) is 25.7 Å². The summed E-state index contributed by atoms with van der Waals surface area (Å²) in [6.07, 6.45) is 3.96. The van der Waals surface area contributed by atoms with Gasteiger partial charge in [-0.1, -0.05) is 12.8 Å². The Hall–Kier alpha value is -1.76. The third-order valence-electron chi connectivity index (χ3n) is 3.60. The van der Waals surface area contributed by atoms with E-state index in [1.807, 2.05) is 0 Å². The summed E-state index contributed by atoms with van der Waals surface area (Å²) < 4.78 is 29.6. The molecule has 1 aromatic carbocycles. The van der Waals surface area contributed by atoms with Crippen LogP contribution < -0.4 is 15.8 Å². The molecule has 1 aliphatic carbocycles. The highest BCUT2D eigenvalue weighted by Gasteiger charge is 2.25. The molecule has 0 unspecified atom stereocenters. The number of carbonyl (C=O) groups excluding carboxylic acids is 1. The second-order valence-electron chi connectivity index (χ2n) is 5.21. The number of ether oxygens (including phenoxy) is 1. The van der Waals surface area contributed by atoms with Crippen molar-refractivity contribution in [2.24, 2.45) is 0 Å². The van der Waals surface area contributed by atoms with Gasteiger partial charge in [0.2, 0.25) is 5.91 Å². The van der Waals surface area contributed by atoms with Crippen LogP contribution >= 0.6 is 0 Å². The number of methoxy groups -OCH3 is 1. The minimum absolute atomic E-state index is 0.0663. The molecule has 7 heteroatoms. The summed E-state index contributed by atoms with van der Waals surface area (Å²) in [6.45, 7) is 0. The van der Waals surface area contributed by atoms with Crippen molar-refractivity contribution >= 4 is 21.4 Å². The predicted octanol–water partition coefficient (Wildman–Crippen LogP) is 1.11. The van der Waals surface area contributed by atoms with E-state index in [1.165, 1.54) is 19.2 Å². The smallest absolute Gasteiger partial charge is 0.235 e. The molecule has 0 bridgehead atoms. The first-order chi connectivity index (χ1) is 9.92. The number of nitrogens with two attached hydrogens (primary N) is 1. The van der Waals surface area contributed by atoms with Crippen molar-refractivity contribution in [2.75, 3.05) is 18.6 Å². The van der Waals surface area contributed by atoms with Crippen LogP contribution in [0.4, 0.5) is 5.69 Å². The molecule has 1 saturated carbocycles. The Balaban J connectivity index is 2.12. The van der Waals surface area contributed by atoms with Crippen LogP contribution in [0.25, 0.3) is 0 Å². The summed E-state index contributed by atoms with van der Waals surface area (Å²) in [7, 11) is -2.34. The molecular weight excluding hydrogens is 292 g/mol. The van der Waals surface area contributed by atoms with Crippen LogP contribution in [0.15, 0.2) is 23.1 Å². The third kappa shape index (κ3) is 3.87. The Labute approximate surface area is 124 Å². The molecule has 1 amide bonds. The number of nitrogen functional groups attached to an aromatic ring is 1. The van der Waals surface area contributed by atoms with Gasteiger partial charge in [-0.05, 0) is 25.0 Å². The Morgan fingerprint density at radius 2 is 2.05 bits per heavy atom. The maximum Gasteiger partial charge on any atom is 0.235 e. The lowest BCUT2D eigenvalue weighted by molar-refractivity contribution is -0.119. The standard InChI is InChI=1S/C14H20N2O4S/c1-20-11-6-7-12(15)13(8-11)21(18,19)9-14(17)16-10-4-2-3-5-10/h6-8,10H,2-5,9,15H2,1H3,(H,16,17). The first-order valence-electron chi connectivity index (χ1n) is 6.88. The quantitative estimate of drug-likeness (QED) is 0.794. The van der Waals surface area contributed by atoms with E-state index >= 15 is 0 Å². The summed E-state index contributed by atoms with van der Waals surface area (Å²) in [5.74, 6) is -0.691. The SMILES string of the molecule is COc1ccc(N)c(S(=O)(=O)CC(=O)NC2CCCC2)c1. The van der Waals surface area contributed by atoms with Crippen LogP contribution in [-0.4, -0.2) is 33.2 Å². The van der Waals surface area contributed by atoms with E-state index in [0.29, 0.717) is 5.75 Å². The van der Waals surface area contributed by atoms with Gasteiger partial charge in [-0.15, -0.1) is 0 Å². The Morgan fingerprint density at radius 3 is 2.67 bits per heavy atom. The zero-order valence-corrected chi connectivity index (χ0v) is 12.8. The van der Waals surface area contributed by atoms with Gasteiger partial charge in [0.15, 0.2) is 9.84 Å². The van der Waals surface area contributed by atoms with Crippen LogP contribution in [0.3, 0.4) is 0 Å². The van der Waals surface area contributed by atoms with E-state index in [4.69, 9.17) is 10.5 Å². The zero-order chi connectivity index (χ0) is 15.5. The number of rotatable bonds is 5. The van der Waals surface area contributed by atoms with Gasteiger partial charge in [-0.2, -0.15) is 0 Å². The summed E-state index contributed by atoms with van der Waals surface area (Å²) in [4.78, 5) is 11.8.